The van der Waals surface area contributed by atoms with E-state index in [1.165, 1.54) is 18.1 Å². The van der Waals surface area contributed by atoms with Crippen molar-refractivity contribution in [3.63, 3.8) is 0 Å². The number of carbonyl (C=O) groups excluding carboxylic acids is 4. The molecule has 2 heterocycles. The van der Waals surface area contributed by atoms with Gasteiger partial charge in [-0.3, -0.25) is 19.2 Å². The molecule has 240 valence electrons. The van der Waals surface area contributed by atoms with Gasteiger partial charge in [0.05, 0.1) is 46.1 Å². The van der Waals surface area contributed by atoms with E-state index in [-0.39, 0.29) is 35.6 Å². The number of phenols is 2. The Morgan fingerprint density at radius 2 is 1.64 bits per heavy atom. The molecule has 4 aliphatic rings. The number of nitrogens with zero attached hydrogens (tertiary/aromatic N) is 2. The zero-order valence-electron chi connectivity index (χ0n) is 25.2. The Bertz CT molecular complexity index is 1940. The van der Waals surface area contributed by atoms with E-state index >= 15 is 0 Å². The number of anilines is 2. The maximum absolute atomic E-state index is 14.5. The van der Waals surface area contributed by atoms with Crippen LogP contribution in [0, 0.1) is 29.1 Å². The molecule has 0 spiro atoms. The van der Waals surface area contributed by atoms with Gasteiger partial charge in [-0.1, -0.05) is 29.8 Å². The van der Waals surface area contributed by atoms with Crippen molar-refractivity contribution in [3.8, 4) is 17.2 Å². The highest BCUT2D eigenvalue weighted by Gasteiger charge is 2.67. The van der Waals surface area contributed by atoms with E-state index in [2.05, 4.69) is 15.9 Å². The Balaban J connectivity index is 1.37. The molecule has 1 saturated carbocycles. The summed E-state index contributed by atoms with van der Waals surface area (Å²) in [7, 11) is 1.41. The first-order valence-electron chi connectivity index (χ1n) is 15.0. The maximum atomic E-state index is 14.5. The van der Waals surface area contributed by atoms with Gasteiger partial charge >= 0.3 is 5.97 Å². The number of para-hydroxylation sites is 1. The van der Waals surface area contributed by atoms with Gasteiger partial charge in [0.2, 0.25) is 23.6 Å². The Morgan fingerprint density at radius 3 is 2.30 bits per heavy atom. The molecule has 7 rings (SSSR count). The summed E-state index contributed by atoms with van der Waals surface area (Å²) in [4.78, 5) is 70.5. The maximum Gasteiger partial charge on any atom is 0.339 e. The molecule has 11 nitrogen and oxygen atoms in total. The minimum absolute atomic E-state index is 0.0465. The molecule has 4 amide bonds. The predicted molar refractivity (Wildman–Crippen MR) is 171 cm³/mol. The Morgan fingerprint density at radius 1 is 0.915 bits per heavy atom. The van der Waals surface area contributed by atoms with Crippen LogP contribution in [0.15, 0.2) is 76.8 Å². The summed E-state index contributed by atoms with van der Waals surface area (Å²) in [5.41, 5.74) is 0.156. The van der Waals surface area contributed by atoms with E-state index in [9.17, 15) is 39.3 Å². The number of carbonyl (C=O) groups is 5. The standard InChI is InChI=1S/C35H29BrN2O9/c1-35-23(31(42)38(34(35)46)17-6-4-3-5-7-17)15-22-19(28(35)16-12-24(36)29(40)26(13-16)47-2)10-11-21-27(22)32(43)37(30(21)41)18-8-9-20(33(44)45)25(39)14-18/h3-10,12-14,21-23,27-28,39-40H,11,15H2,1-2H3,(H,44,45)/t21-,22+,23-,27-,28-,35+/m0/s1. The van der Waals surface area contributed by atoms with E-state index in [1.807, 2.05) is 6.08 Å². The fraction of sp³-hybridized carbons (Fsp3) is 0.286. The lowest BCUT2D eigenvalue weighted by Crippen LogP contribution is -2.48. The number of amides is 4. The normalized spacial score (nSPS) is 28.1. The molecule has 2 saturated heterocycles. The molecule has 12 heteroatoms. The van der Waals surface area contributed by atoms with E-state index in [4.69, 9.17) is 4.74 Å². The van der Waals surface area contributed by atoms with Crippen LogP contribution in [0.1, 0.15) is 41.6 Å². The molecular formula is C35H29BrN2O9. The van der Waals surface area contributed by atoms with Gasteiger partial charge in [0, 0.05) is 12.0 Å². The third-order valence-corrected chi connectivity index (χ3v) is 11.0. The third kappa shape index (κ3) is 4.27. The van der Waals surface area contributed by atoms with Gasteiger partial charge in [-0.15, -0.1) is 0 Å². The van der Waals surface area contributed by atoms with Crippen molar-refractivity contribution in [2.45, 2.75) is 25.7 Å². The molecule has 3 aromatic carbocycles. The fourth-order valence-electron chi connectivity index (χ4n) is 8.23. The summed E-state index contributed by atoms with van der Waals surface area (Å²) in [6, 6.07) is 15.5. The minimum atomic E-state index is -1.36. The van der Waals surface area contributed by atoms with E-state index < -0.39 is 70.4 Å². The van der Waals surface area contributed by atoms with Crippen LogP contribution in [-0.4, -0.2) is 52.0 Å². The number of fused-ring (bicyclic) bond motifs is 4. The van der Waals surface area contributed by atoms with Crippen LogP contribution >= 0.6 is 15.9 Å². The number of carboxylic acid groups (broad SMARTS) is 1. The molecule has 47 heavy (non-hydrogen) atoms. The average molecular weight is 702 g/mol. The molecular weight excluding hydrogens is 672 g/mol. The topological polar surface area (TPSA) is 162 Å². The van der Waals surface area contributed by atoms with Crippen LogP contribution in [-0.2, 0) is 19.2 Å². The van der Waals surface area contributed by atoms with Gasteiger partial charge in [-0.2, -0.15) is 0 Å². The van der Waals surface area contributed by atoms with Crippen molar-refractivity contribution in [2.24, 2.45) is 29.1 Å². The Kier molecular flexibility index (Phi) is 7.05. The molecule has 0 bridgehead atoms. The number of methoxy groups -OCH3 is 1. The molecule has 3 aromatic rings. The van der Waals surface area contributed by atoms with Crippen molar-refractivity contribution in [1.82, 2.24) is 0 Å². The average Bonchev–Trinajstić information content (AvgIpc) is 3.41. The van der Waals surface area contributed by atoms with Gasteiger partial charge < -0.3 is 20.1 Å². The number of imide groups is 2. The molecule has 0 aromatic heterocycles. The number of hydrogen-bond donors (Lipinski definition) is 3. The van der Waals surface area contributed by atoms with Crippen LogP contribution < -0.4 is 14.5 Å². The lowest BCUT2D eigenvalue weighted by Gasteiger charge is -2.49. The third-order valence-electron chi connectivity index (χ3n) is 10.4. The van der Waals surface area contributed by atoms with Gasteiger partial charge in [-0.05, 0) is 83.6 Å². The monoisotopic (exact) mass is 700 g/mol. The number of rotatable bonds is 5. The summed E-state index contributed by atoms with van der Waals surface area (Å²) < 4.78 is 5.77. The second-order valence-corrected chi connectivity index (χ2v) is 13.4. The van der Waals surface area contributed by atoms with E-state index in [0.29, 0.717) is 15.7 Å². The molecule has 6 atom stereocenters. The number of hydrogen-bond acceptors (Lipinski definition) is 8. The van der Waals surface area contributed by atoms with Gasteiger partial charge in [0.1, 0.15) is 11.3 Å². The fourth-order valence-corrected chi connectivity index (χ4v) is 8.69. The second-order valence-electron chi connectivity index (χ2n) is 12.6. The number of phenolic OH excluding ortho intramolecular Hbond substituents is 1. The van der Waals surface area contributed by atoms with Crippen molar-refractivity contribution >= 4 is 56.9 Å². The minimum Gasteiger partial charge on any atom is -0.507 e. The zero-order valence-corrected chi connectivity index (χ0v) is 26.8. The smallest absolute Gasteiger partial charge is 0.339 e. The van der Waals surface area contributed by atoms with Crippen LogP contribution in [0.4, 0.5) is 11.4 Å². The summed E-state index contributed by atoms with van der Waals surface area (Å²) in [5.74, 6) is -7.53. The van der Waals surface area contributed by atoms with Crippen LogP contribution in [0.5, 0.6) is 17.2 Å². The number of allylic oxidation sites excluding steroid dienone is 2. The zero-order chi connectivity index (χ0) is 33.5. The second kappa shape index (κ2) is 10.8. The summed E-state index contributed by atoms with van der Waals surface area (Å²) >= 11 is 3.40. The van der Waals surface area contributed by atoms with Crippen molar-refractivity contribution < 1.29 is 44.0 Å². The summed E-state index contributed by atoms with van der Waals surface area (Å²) in [5, 5.41) is 30.3. The largest absolute Gasteiger partial charge is 0.507 e. The summed E-state index contributed by atoms with van der Waals surface area (Å²) in [6.07, 6.45) is 2.23. The van der Waals surface area contributed by atoms with Crippen LogP contribution in [0.3, 0.4) is 0 Å². The molecule has 0 unspecified atom stereocenters. The SMILES string of the molecule is COc1cc([C@H]2C3=CC[C@@H]4C(=O)N(c5ccc(C(=O)O)c(O)c5)C(=O)[C@@H]4[C@@H]3C[C@H]3C(=O)N(c4ccccc4)C(=O)[C@@]23C)cc(Br)c1O. The molecule has 0 radical (unpaired) electrons. The number of halogens is 1. The number of aromatic carboxylic acids is 1. The van der Waals surface area contributed by atoms with Crippen LogP contribution in [0.2, 0.25) is 0 Å². The van der Waals surface area contributed by atoms with Gasteiger partial charge in [-0.25, -0.2) is 14.6 Å². The lowest BCUT2D eigenvalue weighted by atomic mass is 9.51. The van der Waals surface area contributed by atoms with E-state index in [0.717, 1.165) is 22.6 Å². The first-order valence-corrected chi connectivity index (χ1v) is 15.8. The lowest BCUT2D eigenvalue weighted by molar-refractivity contribution is -0.131. The predicted octanol–water partition coefficient (Wildman–Crippen LogP) is 5.00. The van der Waals surface area contributed by atoms with Gasteiger partial charge in [0.25, 0.3) is 0 Å². The van der Waals surface area contributed by atoms with Crippen molar-refractivity contribution in [2.75, 3.05) is 16.9 Å². The molecule has 2 aliphatic heterocycles. The first-order chi connectivity index (χ1) is 22.4. The van der Waals surface area contributed by atoms with Crippen molar-refractivity contribution in [3.05, 3.63) is 87.9 Å². The highest BCUT2D eigenvalue weighted by molar-refractivity contribution is 9.10. The number of ether oxygens (including phenoxy) is 1. The Labute approximate surface area is 277 Å². The van der Waals surface area contributed by atoms with Crippen molar-refractivity contribution in [1.29, 1.82) is 0 Å². The van der Waals surface area contributed by atoms with Crippen LogP contribution in [0.25, 0.3) is 0 Å². The van der Waals surface area contributed by atoms with E-state index in [1.54, 1.807) is 49.4 Å². The molecule has 3 N–H and O–H groups in total. The molecule has 2 aliphatic carbocycles. The first kappa shape index (κ1) is 30.7. The number of aromatic hydroxyl groups is 2. The molecule has 3 fully saturated rings. The Hall–Kier alpha value is -4.97. The highest BCUT2D eigenvalue weighted by atomic mass is 79.9. The van der Waals surface area contributed by atoms with Gasteiger partial charge in [0.15, 0.2) is 11.5 Å². The quantitative estimate of drug-likeness (QED) is 0.246. The number of benzene rings is 3. The highest BCUT2D eigenvalue weighted by Crippen LogP contribution is 2.64. The number of carboxylic acids is 1. The summed E-state index contributed by atoms with van der Waals surface area (Å²) in [6.45, 7) is 1.77.